The fourth-order valence-electron chi connectivity index (χ4n) is 2.39. The molecule has 0 amide bonds. The van der Waals surface area contributed by atoms with Crippen LogP contribution in [0.25, 0.3) is 0 Å². The average Bonchev–Trinajstić information content (AvgIpc) is 2.45. The summed E-state index contributed by atoms with van der Waals surface area (Å²) < 4.78 is 5.37. The highest BCUT2D eigenvalue weighted by Crippen LogP contribution is 2.37. The predicted molar refractivity (Wildman–Crippen MR) is 73.6 cm³/mol. The molecule has 1 heterocycles. The summed E-state index contributed by atoms with van der Waals surface area (Å²) in [6, 6.07) is 4.62. The van der Waals surface area contributed by atoms with Crippen molar-refractivity contribution < 1.29 is 14.5 Å². The van der Waals surface area contributed by atoms with Gasteiger partial charge >= 0.3 is 5.97 Å². The zero-order valence-electron chi connectivity index (χ0n) is 11.4. The van der Waals surface area contributed by atoms with Crippen molar-refractivity contribution >= 4 is 17.3 Å². The van der Waals surface area contributed by atoms with E-state index in [9.17, 15) is 14.9 Å². The second-order valence-corrected chi connectivity index (χ2v) is 4.53. The molecule has 2 atom stereocenters. The first-order valence-electron chi connectivity index (χ1n) is 6.46. The van der Waals surface area contributed by atoms with E-state index in [4.69, 9.17) is 4.74 Å². The van der Waals surface area contributed by atoms with Crippen molar-refractivity contribution in [1.29, 1.82) is 0 Å². The molecule has 1 aromatic carbocycles. The van der Waals surface area contributed by atoms with E-state index in [0.29, 0.717) is 18.7 Å². The summed E-state index contributed by atoms with van der Waals surface area (Å²) >= 11 is 0. The Hall–Kier alpha value is -2.15. The van der Waals surface area contributed by atoms with Gasteiger partial charge in [-0.2, -0.15) is 0 Å². The van der Waals surface area contributed by atoms with Crippen molar-refractivity contribution in [3.05, 3.63) is 33.9 Å². The van der Waals surface area contributed by atoms with Crippen LogP contribution < -0.4 is 10.6 Å². The fourth-order valence-corrected chi connectivity index (χ4v) is 2.39. The molecule has 2 N–H and O–H groups in total. The number of para-hydroxylation sites is 1. The minimum absolute atomic E-state index is 0.0306. The molecule has 0 saturated carbocycles. The highest BCUT2D eigenvalue weighted by molar-refractivity contribution is 5.71. The molecule has 1 aromatic rings. The Morgan fingerprint density at radius 1 is 1.60 bits per heavy atom. The third-order valence-electron chi connectivity index (χ3n) is 3.34. The molecule has 0 radical (unpaired) electrons. The number of nitro groups is 1. The number of esters is 1. The zero-order chi connectivity index (χ0) is 14.7. The lowest BCUT2D eigenvalue weighted by Crippen LogP contribution is -2.42. The lowest BCUT2D eigenvalue weighted by Gasteiger charge is -2.33. The third kappa shape index (κ3) is 2.57. The summed E-state index contributed by atoms with van der Waals surface area (Å²) in [4.78, 5) is 22.1. The van der Waals surface area contributed by atoms with Crippen LogP contribution in [0.3, 0.4) is 0 Å². The lowest BCUT2D eigenvalue weighted by molar-refractivity contribution is -0.384. The number of benzene rings is 1. The Balaban J connectivity index is 2.35. The van der Waals surface area contributed by atoms with E-state index in [0.717, 1.165) is 5.56 Å². The molecule has 0 aromatic heterocycles. The first-order valence-corrected chi connectivity index (χ1v) is 6.46. The topological polar surface area (TPSA) is 93.5 Å². The van der Waals surface area contributed by atoms with Crippen LogP contribution in [0.15, 0.2) is 18.2 Å². The van der Waals surface area contributed by atoms with Gasteiger partial charge in [-0.15, -0.1) is 0 Å². The van der Waals surface area contributed by atoms with Crippen LogP contribution >= 0.6 is 0 Å². The maximum atomic E-state index is 11.4. The Bertz CT molecular complexity index is 532. The minimum Gasteiger partial charge on any atom is -0.458 e. The van der Waals surface area contributed by atoms with Crippen LogP contribution in [0.2, 0.25) is 0 Å². The van der Waals surface area contributed by atoms with E-state index in [1.54, 1.807) is 26.1 Å². The molecule has 0 aliphatic carbocycles. The second-order valence-electron chi connectivity index (χ2n) is 4.53. The van der Waals surface area contributed by atoms with Crippen molar-refractivity contribution in [2.75, 3.05) is 18.9 Å². The van der Waals surface area contributed by atoms with Gasteiger partial charge in [0.15, 0.2) is 0 Å². The standard InChI is InChI=1S/C13H17N3O4/c1-3-11(17)20-10-7-15-12-8(13(10)14-2)5-4-6-9(12)16(18)19/h4-6,10,13-15H,3,7H2,1-2H3/t10-,13-/m1/s1. The largest absolute Gasteiger partial charge is 0.458 e. The number of fused-ring (bicyclic) bond motifs is 1. The van der Waals surface area contributed by atoms with Crippen molar-refractivity contribution in [2.45, 2.75) is 25.5 Å². The maximum absolute atomic E-state index is 11.4. The first-order chi connectivity index (χ1) is 9.58. The molecular weight excluding hydrogens is 262 g/mol. The molecule has 20 heavy (non-hydrogen) atoms. The van der Waals surface area contributed by atoms with E-state index in [2.05, 4.69) is 10.6 Å². The van der Waals surface area contributed by atoms with Gasteiger partial charge in [0.25, 0.3) is 5.69 Å². The molecule has 2 rings (SSSR count). The smallest absolute Gasteiger partial charge is 0.305 e. The second kappa shape index (κ2) is 5.87. The van der Waals surface area contributed by atoms with E-state index in [-0.39, 0.29) is 23.8 Å². The molecule has 0 saturated heterocycles. The van der Waals surface area contributed by atoms with Gasteiger partial charge in [0.1, 0.15) is 11.8 Å². The minimum atomic E-state index is -0.420. The van der Waals surface area contributed by atoms with Crippen molar-refractivity contribution in [2.24, 2.45) is 0 Å². The quantitative estimate of drug-likeness (QED) is 0.494. The number of ether oxygens (including phenoxy) is 1. The van der Waals surface area contributed by atoms with Gasteiger partial charge in [-0.3, -0.25) is 14.9 Å². The van der Waals surface area contributed by atoms with Gasteiger partial charge in [-0.1, -0.05) is 19.1 Å². The summed E-state index contributed by atoms with van der Waals surface area (Å²) in [5.41, 5.74) is 1.26. The van der Waals surface area contributed by atoms with E-state index >= 15 is 0 Å². The highest BCUT2D eigenvalue weighted by atomic mass is 16.6. The normalized spacial score (nSPS) is 20.7. The average molecular weight is 279 g/mol. The molecule has 7 heteroatoms. The zero-order valence-corrected chi connectivity index (χ0v) is 11.4. The number of carbonyl (C=O) groups excluding carboxylic acids is 1. The fraction of sp³-hybridized carbons (Fsp3) is 0.462. The SMILES string of the molecule is CCC(=O)O[C@@H]1CNc2c(cccc2[N+](=O)[O-])[C@H]1NC. The Kier molecular flexibility index (Phi) is 4.19. The molecule has 0 unspecified atom stereocenters. The van der Waals surface area contributed by atoms with Gasteiger partial charge in [-0.25, -0.2) is 0 Å². The van der Waals surface area contributed by atoms with E-state index in [1.165, 1.54) is 6.07 Å². The monoisotopic (exact) mass is 279 g/mol. The third-order valence-corrected chi connectivity index (χ3v) is 3.34. The Morgan fingerprint density at radius 3 is 2.95 bits per heavy atom. The summed E-state index contributed by atoms with van der Waals surface area (Å²) in [6.07, 6.45) is -0.0868. The number of likely N-dealkylation sites (N-methyl/N-ethyl adjacent to an activating group) is 1. The maximum Gasteiger partial charge on any atom is 0.305 e. The number of nitrogens with zero attached hydrogens (tertiary/aromatic N) is 1. The predicted octanol–water partition coefficient (Wildman–Crippen LogP) is 1.60. The number of hydrogen-bond acceptors (Lipinski definition) is 6. The summed E-state index contributed by atoms with van der Waals surface area (Å²) in [6.45, 7) is 2.07. The van der Waals surface area contributed by atoms with Gasteiger partial charge < -0.3 is 15.4 Å². The van der Waals surface area contributed by atoms with Crippen molar-refractivity contribution in [1.82, 2.24) is 5.32 Å². The number of nitrogens with one attached hydrogen (secondary N) is 2. The van der Waals surface area contributed by atoms with Crippen LogP contribution in [0, 0.1) is 10.1 Å². The molecule has 108 valence electrons. The number of rotatable bonds is 4. The van der Waals surface area contributed by atoms with E-state index < -0.39 is 4.92 Å². The van der Waals surface area contributed by atoms with Gasteiger partial charge in [0.2, 0.25) is 0 Å². The molecular formula is C13H17N3O4. The number of hydrogen-bond donors (Lipinski definition) is 2. The van der Waals surface area contributed by atoms with Gasteiger partial charge in [0, 0.05) is 18.1 Å². The Labute approximate surface area is 116 Å². The highest BCUT2D eigenvalue weighted by Gasteiger charge is 2.34. The lowest BCUT2D eigenvalue weighted by atomic mass is 9.94. The van der Waals surface area contributed by atoms with Gasteiger partial charge in [0.05, 0.1) is 17.5 Å². The van der Waals surface area contributed by atoms with Crippen LogP contribution in [-0.4, -0.2) is 30.6 Å². The van der Waals surface area contributed by atoms with Crippen LogP contribution in [0.4, 0.5) is 11.4 Å². The molecule has 1 aliphatic heterocycles. The van der Waals surface area contributed by atoms with Crippen molar-refractivity contribution in [3.63, 3.8) is 0 Å². The molecule has 0 fully saturated rings. The number of nitro benzene ring substituents is 1. The first kappa shape index (κ1) is 14.3. The molecule has 1 aliphatic rings. The van der Waals surface area contributed by atoms with Gasteiger partial charge in [-0.05, 0) is 7.05 Å². The van der Waals surface area contributed by atoms with Crippen molar-refractivity contribution in [3.8, 4) is 0 Å². The molecule has 7 nitrogen and oxygen atoms in total. The Morgan fingerprint density at radius 2 is 2.35 bits per heavy atom. The molecule has 0 spiro atoms. The summed E-state index contributed by atoms with van der Waals surface area (Å²) in [5.74, 6) is -0.286. The van der Waals surface area contributed by atoms with Crippen LogP contribution in [0.5, 0.6) is 0 Å². The van der Waals surface area contributed by atoms with Crippen LogP contribution in [-0.2, 0) is 9.53 Å². The van der Waals surface area contributed by atoms with Crippen LogP contribution in [0.1, 0.15) is 24.9 Å². The number of anilines is 1. The summed E-state index contributed by atoms with van der Waals surface area (Å²) in [5, 5.41) is 17.1. The van der Waals surface area contributed by atoms with E-state index in [1.807, 2.05) is 0 Å². The summed E-state index contributed by atoms with van der Waals surface area (Å²) in [7, 11) is 1.74. The molecule has 0 bridgehead atoms. The number of carbonyl (C=O) groups is 1.